The van der Waals surface area contributed by atoms with Crippen LogP contribution in [0.1, 0.15) is 29.8 Å². The summed E-state index contributed by atoms with van der Waals surface area (Å²) in [6.07, 6.45) is -4.85. The molecule has 0 radical (unpaired) electrons. The first kappa shape index (κ1) is 24.0. The predicted molar refractivity (Wildman–Crippen MR) is 109 cm³/mol. The number of alkyl halides is 3. The molecule has 0 aromatic heterocycles. The first-order valence-corrected chi connectivity index (χ1v) is 9.56. The molecule has 1 unspecified atom stereocenters. The smallest absolute Gasteiger partial charge is 0.496 e. The molecule has 0 fully saturated rings. The van der Waals surface area contributed by atoms with E-state index in [1.54, 1.807) is 44.2 Å². The Morgan fingerprint density at radius 2 is 1.61 bits per heavy atom. The van der Waals surface area contributed by atoms with E-state index >= 15 is 0 Å². The van der Waals surface area contributed by atoms with Gasteiger partial charge in [-0.1, -0.05) is 44.2 Å². The van der Waals surface area contributed by atoms with Gasteiger partial charge in [-0.15, -0.1) is 13.2 Å². The molecule has 9 heteroatoms. The number of methoxy groups -OCH3 is 1. The third-order valence-corrected chi connectivity index (χ3v) is 4.55. The Bertz CT molecular complexity index is 916. The van der Waals surface area contributed by atoms with E-state index < -0.39 is 24.2 Å². The summed E-state index contributed by atoms with van der Waals surface area (Å²) < 4.78 is 47.2. The van der Waals surface area contributed by atoms with Gasteiger partial charge < -0.3 is 19.7 Å². The maximum absolute atomic E-state index is 13.0. The fraction of sp³-hybridized carbons (Fsp3) is 0.364. The van der Waals surface area contributed by atoms with E-state index in [1.807, 2.05) is 0 Å². The molecule has 0 aliphatic carbocycles. The quantitative estimate of drug-likeness (QED) is 0.677. The molecule has 1 atom stereocenters. The average molecular weight is 438 g/mol. The lowest BCUT2D eigenvalue weighted by molar-refractivity contribution is -0.275. The van der Waals surface area contributed by atoms with Crippen molar-refractivity contribution in [3.63, 3.8) is 0 Å². The molecule has 2 amide bonds. The molecule has 0 aliphatic rings. The summed E-state index contributed by atoms with van der Waals surface area (Å²) in [6.45, 7) is 3.40. The number of nitrogens with zero attached hydrogens (tertiary/aromatic N) is 1. The molecule has 6 nitrogen and oxygen atoms in total. The van der Waals surface area contributed by atoms with Crippen LogP contribution in [0, 0.1) is 5.92 Å². The molecule has 2 aromatic rings. The number of benzene rings is 2. The van der Waals surface area contributed by atoms with Gasteiger partial charge in [0.2, 0.25) is 5.91 Å². The van der Waals surface area contributed by atoms with Crippen LogP contribution < -0.4 is 14.8 Å². The highest BCUT2D eigenvalue weighted by Gasteiger charge is 2.33. The van der Waals surface area contributed by atoms with Gasteiger partial charge in [-0.3, -0.25) is 9.59 Å². The van der Waals surface area contributed by atoms with Crippen LogP contribution in [0.2, 0.25) is 0 Å². The number of carbonyl (C=O) groups excluding carboxylic acids is 2. The molecular formula is C22H25F3N2O4. The summed E-state index contributed by atoms with van der Waals surface area (Å²) in [5, 5.41) is 2.71. The van der Waals surface area contributed by atoms with Gasteiger partial charge in [-0.05, 0) is 24.1 Å². The normalized spacial score (nSPS) is 12.3. The molecule has 31 heavy (non-hydrogen) atoms. The second kappa shape index (κ2) is 10.2. The molecular weight excluding hydrogens is 413 g/mol. The number of halogens is 3. The zero-order chi connectivity index (χ0) is 23.2. The molecule has 0 bridgehead atoms. The molecule has 2 rings (SSSR count). The first-order chi connectivity index (χ1) is 14.5. The summed E-state index contributed by atoms with van der Waals surface area (Å²) in [7, 11) is 2.89. The first-order valence-electron chi connectivity index (χ1n) is 9.56. The standard InChI is InChI=1S/C22H25F3N2O4/c1-14(2)19(26-20(28)16-10-6-8-12-18(16)30-4)21(29)27(3)13-15-9-5-7-11-17(15)31-22(23,24)25/h5-12,14,19H,13H2,1-4H3,(H,26,28). The second-order valence-corrected chi connectivity index (χ2v) is 7.25. The number of nitrogens with one attached hydrogen (secondary N) is 1. The number of likely N-dealkylation sites (N-methyl/N-ethyl adjacent to an activating group) is 1. The summed E-state index contributed by atoms with van der Waals surface area (Å²) in [4.78, 5) is 27.0. The summed E-state index contributed by atoms with van der Waals surface area (Å²) in [6, 6.07) is 11.3. The van der Waals surface area contributed by atoms with Gasteiger partial charge >= 0.3 is 6.36 Å². The minimum absolute atomic E-state index is 0.126. The van der Waals surface area contributed by atoms with E-state index in [-0.39, 0.29) is 29.3 Å². The fourth-order valence-corrected chi connectivity index (χ4v) is 2.99. The Balaban J connectivity index is 2.18. The number of rotatable bonds is 8. The van der Waals surface area contributed by atoms with Crippen LogP contribution in [-0.4, -0.2) is 43.3 Å². The molecule has 0 aliphatic heterocycles. The number of para-hydroxylation sites is 2. The third-order valence-electron chi connectivity index (χ3n) is 4.55. The van der Waals surface area contributed by atoms with E-state index in [9.17, 15) is 22.8 Å². The number of carbonyl (C=O) groups is 2. The van der Waals surface area contributed by atoms with Gasteiger partial charge in [0.05, 0.1) is 12.7 Å². The van der Waals surface area contributed by atoms with Crippen molar-refractivity contribution < 1.29 is 32.2 Å². The Kier molecular flexibility index (Phi) is 7.90. The van der Waals surface area contributed by atoms with Crippen LogP contribution in [0.5, 0.6) is 11.5 Å². The van der Waals surface area contributed by atoms with E-state index in [0.717, 1.165) is 0 Å². The van der Waals surface area contributed by atoms with Gasteiger partial charge in [0.1, 0.15) is 17.5 Å². The second-order valence-electron chi connectivity index (χ2n) is 7.25. The molecule has 0 saturated carbocycles. The van der Waals surface area contributed by atoms with Gasteiger partial charge in [0, 0.05) is 19.2 Å². The van der Waals surface area contributed by atoms with Crippen LogP contribution in [0.15, 0.2) is 48.5 Å². The third kappa shape index (κ3) is 6.63. The molecule has 168 valence electrons. The van der Waals surface area contributed by atoms with Gasteiger partial charge in [-0.2, -0.15) is 0 Å². The van der Waals surface area contributed by atoms with Crippen molar-refractivity contribution in [1.29, 1.82) is 0 Å². The van der Waals surface area contributed by atoms with Crippen molar-refractivity contribution >= 4 is 11.8 Å². The van der Waals surface area contributed by atoms with E-state index in [2.05, 4.69) is 10.1 Å². The maximum atomic E-state index is 13.0. The molecule has 0 heterocycles. The van der Waals surface area contributed by atoms with Crippen molar-refractivity contribution in [3.8, 4) is 11.5 Å². The van der Waals surface area contributed by atoms with Crippen molar-refractivity contribution in [2.75, 3.05) is 14.2 Å². The van der Waals surface area contributed by atoms with Crippen molar-refractivity contribution in [1.82, 2.24) is 10.2 Å². The van der Waals surface area contributed by atoms with Crippen LogP contribution in [-0.2, 0) is 11.3 Å². The van der Waals surface area contributed by atoms with Crippen LogP contribution in [0.25, 0.3) is 0 Å². The monoisotopic (exact) mass is 438 g/mol. The maximum Gasteiger partial charge on any atom is 0.573 e. The predicted octanol–water partition coefficient (Wildman–Crippen LogP) is 4.01. The van der Waals surface area contributed by atoms with E-state index in [1.165, 1.54) is 37.3 Å². The van der Waals surface area contributed by atoms with Crippen molar-refractivity contribution in [2.45, 2.75) is 32.8 Å². The zero-order valence-corrected chi connectivity index (χ0v) is 17.7. The number of hydrogen-bond acceptors (Lipinski definition) is 4. The molecule has 0 saturated heterocycles. The number of hydrogen-bond donors (Lipinski definition) is 1. The molecule has 0 spiro atoms. The number of ether oxygens (including phenoxy) is 2. The summed E-state index contributed by atoms with van der Waals surface area (Å²) in [5.74, 6) is -1.22. The lowest BCUT2D eigenvalue weighted by Crippen LogP contribution is -2.50. The Labute approximate surface area is 178 Å². The van der Waals surface area contributed by atoms with Crippen LogP contribution in [0.4, 0.5) is 13.2 Å². The minimum Gasteiger partial charge on any atom is -0.496 e. The average Bonchev–Trinajstić information content (AvgIpc) is 2.71. The zero-order valence-electron chi connectivity index (χ0n) is 17.7. The van der Waals surface area contributed by atoms with Crippen LogP contribution in [0.3, 0.4) is 0 Å². The van der Waals surface area contributed by atoms with E-state index in [0.29, 0.717) is 5.75 Å². The minimum atomic E-state index is -4.85. The fourth-order valence-electron chi connectivity index (χ4n) is 2.99. The lowest BCUT2D eigenvalue weighted by atomic mass is 10.0. The highest BCUT2D eigenvalue weighted by Crippen LogP contribution is 2.27. The Morgan fingerprint density at radius 1 is 1.03 bits per heavy atom. The Hall–Kier alpha value is -3.23. The van der Waals surface area contributed by atoms with Crippen molar-refractivity contribution in [3.05, 3.63) is 59.7 Å². The van der Waals surface area contributed by atoms with Gasteiger partial charge in [0.25, 0.3) is 5.91 Å². The molecule has 1 N–H and O–H groups in total. The molecule has 2 aromatic carbocycles. The highest BCUT2D eigenvalue weighted by molar-refractivity contribution is 5.99. The largest absolute Gasteiger partial charge is 0.573 e. The van der Waals surface area contributed by atoms with Gasteiger partial charge in [0.15, 0.2) is 0 Å². The summed E-state index contributed by atoms with van der Waals surface area (Å²) in [5.41, 5.74) is 0.462. The van der Waals surface area contributed by atoms with Gasteiger partial charge in [-0.25, -0.2) is 0 Å². The lowest BCUT2D eigenvalue weighted by Gasteiger charge is -2.28. The topological polar surface area (TPSA) is 67.9 Å². The Morgan fingerprint density at radius 3 is 2.19 bits per heavy atom. The summed E-state index contributed by atoms with van der Waals surface area (Å²) >= 11 is 0. The highest BCUT2D eigenvalue weighted by atomic mass is 19.4. The van der Waals surface area contributed by atoms with Crippen LogP contribution >= 0.6 is 0 Å². The van der Waals surface area contributed by atoms with Crippen molar-refractivity contribution in [2.24, 2.45) is 5.92 Å². The SMILES string of the molecule is COc1ccccc1C(=O)NC(C(=O)N(C)Cc1ccccc1OC(F)(F)F)C(C)C. The number of amides is 2. The van der Waals surface area contributed by atoms with E-state index in [4.69, 9.17) is 4.74 Å².